The van der Waals surface area contributed by atoms with Crippen molar-refractivity contribution in [2.24, 2.45) is 0 Å². The molecule has 4 aromatic carbocycles. The van der Waals surface area contributed by atoms with E-state index in [2.05, 4.69) is 48.5 Å². The summed E-state index contributed by atoms with van der Waals surface area (Å²) in [5.41, 5.74) is 0. The average Bonchev–Trinajstić information content (AvgIpc) is 2.55. The van der Waals surface area contributed by atoms with Crippen LogP contribution in [0.25, 0.3) is 32.3 Å². The Labute approximate surface area is 129 Å². The zero-order chi connectivity index (χ0) is 15.1. The summed E-state index contributed by atoms with van der Waals surface area (Å²) in [5.74, 6) is 1.69. The van der Waals surface area contributed by atoms with Crippen molar-refractivity contribution < 1.29 is 9.47 Å². The number of hydrogen-bond donors (Lipinski definition) is 0. The molecule has 22 heavy (non-hydrogen) atoms. The Morgan fingerprint density at radius 2 is 1.41 bits per heavy atom. The average molecular weight is 290 g/mol. The lowest BCUT2D eigenvalue weighted by Crippen LogP contribution is -2.00. The molecular weight excluding hydrogens is 272 g/mol. The van der Waals surface area contributed by atoms with E-state index < -0.39 is 0 Å². The minimum Gasteiger partial charge on any atom is -0.490 e. The van der Waals surface area contributed by atoms with Crippen LogP contribution in [0.2, 0.25) is 0 Å². The fraction of sp³-hybridized carbons (Fsp3) is 0.200. The fourth-order valence-electron chi connectivity index (χ4n) is 3.31. The molecule has 0 aliphatic heterocycles. The summed E-state index contributed by atoms with van der Waals surface area (Å²) in [5, 5.41) is 7.44. The molecule has 4 rings (SSSR count). The van der Waals surface area contributed by atoms with Gasteiger partial charge in [0, 0.05) is 10.8 Å². The third-order valence-electron chi connectivity index (χ3n) is 4.15. The number of rotatable bonds is 4. The van der Waals surface area contributed by atoms with Crippen molar-refractivity contribution in [2.75, 3.05) is 13.2 Å². The van der Waals surface area contributed by atoms with Crippen LogP contribution in [0.4, 0.5) is 0 Å². The van der Waals surface area contributed by atoms with E-state index in [4.69, 9.17) is 9.47 Å². The summed E-state index contributed by atoms with van der Waals surface area (Å²) >= 11 is 0. The largest absolute Gasteiger partial charge is 0.490 e. The zero-order valence-corrected chi connectivity index (χ0v) is 12.8. The van der Waals surface area contributed by atoms with Crippen LogP contribution in [0.15, 0.2) is 48.5 Å². The van der Waals surface area contributed by atoms with Crippen LogP contribution in [-0.2, 0) is 0 Å². The van der Waals surface area contributed by atoms with Crippen molar-refractivity contribution in [3.63, 3.8) is 0 Å². The summed E-state index contributed by atoms with van der Waals surface area (Å²) in [7, 11) is 0. The van der Waals surface area contributed by atoms with E-state index in [1.54, 1.807) is 0 Å². The molecule has 2 nitrogen and oxygen atoms in total. The highest BCUT2D eigenvalue weighted by Gasteiger charge is 2.16. The number of hydrogen-bond acceptors (Lipinski definition) is 2. The highest BCUT2D eigenvalue weighted by molar-refractivity contribution is 6.24. The van der Waals surface area contributed by atoms with Gasteiger partial charge in [-0.1, -0.05) is 36.4 Å². The van der Waals surface area contributed by atoms with Gasteiger partial charge in [0.2, 0.25) is 0 Å². The Bertz CT molecular complexity index is 940. The second-order valence-corrected chi connectivity index (χ2v) is 5.43. The molecule has 0 heterocycles. The van der Waals surface area contributed by atoms with Gasteiger partial charge >= 0.3 is 0 Å². The van der Waals surface area contributed by atoms with Crippen molar-refractivity contribution in [1.82, 2.24) is 0 Å². The quantitative estimate of drug-likeness (QED) is 0.470. The molecule has 0 spiro atoms. The summed E-state index contributed by atoms with van der Waals surface area (Å²) in [4.78, 5) is 0. The number of ether oxygens (including phenoxy) is 2. The Morgan fingerprint density at radius 3 is 2.14 bits per heavy atom. The molecule has 0 aliphatic rings. The van der Waals surface area contributed by atoms with Crippen LogP contribution in [0.5, 0.6) is 11.5 Å². The molecule has 0 aliphatic carbocycles. The van der Waals surface area contributed by atoms with Crippen LogP contribution in [0, 0.1) is 0 Å². The molecule has 0 atom stereocenters. The fourth-order valence-corrected chi connectivity index (χ4v) is 3.31. The zero-order valence-electron chi connectivity index (χ0n) is 12.8. The van der Waals surface area contributed by atoms with E-state index in [-0.39, 0.29) is 0 Å². The van der Waals surface area contributed by atoms with Gasteiger partial charge in [0.05, 0.1) is 13.2 Å². The minimum atomic E-state index is 0.629. The van der Waals surface area contributed by atoms with Gasteiger partial charge in [-0.3, -0.25) is 0 Å². The predicted octanol–water partition coefficient (Wildman–Crippen LogP) is 5.38. The Balaban J connectivity index is 2.20. The summed E-state index contributed by atoms with van der Waals surface area (Å²) < 4.78 is 11.7. The molecule has 0 radical (unpaired) electrons. The molecule has 0 N–H and O–H groups in total. The first-order chi connectivity index (χ1) is 10.8. The van der Waals surface area contributed by atoms with Crippen molar-refractivity contribution in [1.29, 1.82) is 0 Å². The molecule has 0 amide bonds. The molecule has 0 bridgehead atoms. The van der Waals surface area contributed by atoms with E-state index in [0.29, 0.717) is 13.2 Å². The lowest BCUT2D eigenvalue weighted by atomic mass is 9.93. The van der Waals surface area contributed by atoms with Gasteiger partial charge in [-0.05, 0) is 47.5 Å². The van der Waals surface area contributed by atoms with Gasteiger partial charge in [-0.25, -0.2) is 0 Å². The number of benzene rings is 4. The van der Waals surface area contributed by atoms with Gasteiger partial charge in [0.25, 0.3) is 0 Å². The molecule has 110 valence electrons. The van der Waals surface area contributed by atoms with E-state index in [1.807, 2.05) is 13.8 Å². The summed E-state index contributed by atoms with van der Waals surface area (Å²) in [6.45, 7) is 5.27. The highest BCUT2D eigenvalue weighted by atomic mass is 16.5. The molecule has 4 aromatic rings. The van der Waals surface area contributed by atoms with Gasteiger partial charge in [0.15, 0.2) is 11.5 Å². The minimum absolute atomic E-state index is 0.629. The van der Waals surface area contributed by atoms with Gasteiger partial charge in [-0.15, -0.1) is 0 Å². The standard InChI is InChI=1S/C20H18O2/c1-3-21-17-12-15-9-8-13-6-5-7-14-10-11-16(19(15)18(13)14)20(17)22-4-2/h5-12H,3-4H2,1-2H3. The van der Waals surface area contributed by atoms with Crippen molar-refractivity contribution in [3.05, 3.63) is 48.5 Å². The topological polar surface area (TPSA) is 18.5 Å². The smallest absolute Gasteiger partial charge is 0.169 e. The summed E-state index contributed by atoms with van der Waals surface area (Å²) in [6, 6.07) is 17.2. The molecule has 0 saturated heterocycles. The van der Waals surface area contributed by atoms with Gasteiger partial charge in [-0.2, -0.15) is 0 Å². The highest BCUT2D eigenvalue weighted by Crippen LogP contribution is 2.43. The Hall–Kier alpha value is -2.48. The van der Waals surface area contributed by atoms with Crippen LogP contribution in [0.1, 0.15) is 13.8 Å². The molecular formula is C20H18O2. The van der Waals surface area contributed by atoms with Crippen molar-refractivity contribution >= 4 is 32.3 Å². The third kappa shape index (κ3) is 1.80. The summed E-state index contributed by atoms with van der Waals surface area (Å²) in [6.07, 6.45) is 0. The Kier molecular flexibility index (Phi) is 3.04. The van der Waals surface area contributed by atoms with Crippen LogP contribution in [0.3, 0.4) is 0 Å². The van der Waals surface area contributed by atoms with Crippen molar-refractivity contribution in [2.45, 2.75) is 13.8 Å². The molecule has 0 saturated carbocycles. The first kappa shape index (κ1) is 13.2. The Morgan fingerprint density at radius 1 is 0.727 bits per heavy atom. The van der Waals surface area contributed by atoms with E-state index in [1.165, 1.54) is 26.9 Å². The van der Waals surface area contributed by atoms with Crippen molar-refractivity contribution in [3.8, 4) is 11.5 Å². The molecule has 0 aromatic heterocycles. The first-order valence-electron chi connectivity index (χ1n) is 7.79. The first-order valence-corrected chi connectivity index (χ1v) is 7.79. The molecule has 2 heteroatoms. The maximum Gasteiger partial charge on any atom is 0.169 e. The molecule has 0 fully saturated rings. The van der Waals surface area contributed by atoms with Crippen LogP contribution in [-0.4, -0.2) is 13.2 Å². The van der Waals surface area contributed by atoms with E-state index in [0.717, 1.165) is 16.9 Å². The SMILES string of the molecule is CCOc1cc2ccc3cccc4ccc(c1OCC)c2c34. The van der Waals surface area contributed by atoms with E-state index in [9.17, 15) is 0 Å². The normalized spacial score (nSPS) is 11.5. The molecule has 0 unspecified atom stereocenters. The lowest BCUT2D eigenvalue weighted by Gasteiger charge is -2.17. The van der Waals surface area contributed by atoms with E-state index >= 15 is 0 Å². The van der Waals surface area contributed by atoms with Crippen LogP contribution >= 0.6 is 0 Å². The van der Waals surface area contributed by atoms with Gasteiger partial charge < -0.3 is 9.47 Å². The maximum atomic E-state index is 5.92. The third-order valence-corrected chi connectivity index (χ3v) is 4.15. The predicted molar refractivity (Wildman–Crippen MR) is 92.5 cm³/mol. The maximum absolute atomic E-state index is 5.92. The monoisotopic (exact) mass is 290 g/mol. The lowest BCUT2D eigenvalue weighted by molar-refractivity contribution is 0.291. The second-order valence-electron chi connectivity index (χ2n) is 5.43. The second kappa shape index (κ2) is 5.06. The van der Waals surface area contributed by atoms with Crippen LogP contribution < -0.4 is 9.47 Å². The van der Waals surface area contributed by atoms with Gasteiger partial charge in [0.1, 0.15) is 0 Å².